The first-order chi connectivity index (χ1) is 6.54. The zero-order valence-corrected chi connectivity index (χ0v) is 11.3. The van der Waals surface area contributed by atoms with Crippen LogP contribution in [-0.4, -0.2) is 18.8 Å². The second-order valence-electron chi connectivity index (χ2n) is 7.01. The Morgan fingerprint density at radius 2 is 1.47 bits per heavy atom. The Morgan fingerprint density at radius 3 is 1.60 bits per heavy atom. The first-order valence-electron chi connectivity index (χ1n) is 5.91. The molecule has 0 aliphatic carbocycles. The highest BCUT2D eigenvalue weighted by Crippen LogP contribution is 2.56. The van der Waals surface area contributed by atoms with Crippen LogP contribution in [0, 0.1) is 16.2 Å². The van der Waals surface area contributed by atoms with Crippen LogP contribution in [0.3, 0.4) is 0 Å². The van der Waals surface area contributed by atoms with E-state index >= 15 is 0 Å². The predicted octanol–water partition coefficient (Wildman–Crippen LogP) is 2.81. The average Bonchev–Trinajstić information content (AvgIpc) is 2.26. The molecule has 0 bridgehead atoms. The SMILES string of the molecule is C[C@H]1OCC(C(C)(C)C)(C(C)(C)C)[C@@H]1N. The summed E-state index contributed by atoms with van der Waals surface area (Å²) in [6, 6.07) is 0.123. The van der Waals surface area contributed by atoms with E-state index in [0.29, 0.717) is 0 Å². The third kappa shape index (κ3) is 1.72. The van der Waals surface area contributed by atoms with Gasteiger partial charge in [0.15, 0.2) is 0 Å². The minimum atomic E-state index is 0.0550. The molecular weight excluding hydrogens is 186 g/mol. The van der Waals surface area contributed by atoms with Gasteiger partial charge in [-0.3, -0.25) is 0 Å². The van der Waals surface area contributed by atoms with Gasteiger partial charge in [0.25, 0.3) is 0 Å². The van der Waals surface area contributed by atoms with Gasteiger partial charge in [-0.2, -0.15) is 0 Å². The van der Waals surface area contributed by atoms with Crippen LogP contribution in [0.5, 0.6) is 0 Å². The molecule has 0 spiro atoms. The van der Waals surface area contributed by atoms with Crippen molar-refractivity contribution >= 4 is 0 Å². The molecule has 2 atom stereocenters. The third-order valence-corrected chi connectivity index (χ3v) is 4.33. The number of nitrogens with two attached hydrogens (primary N) is 1. The molecule has 1 heterocycles. The summed E-state index contributed by atoms with van der Waals surface area (Å²) in [5, 5.41) is 0. The first kappa shape index (κ1) is 13.0. The summed E-state index contributed by atoms with van der Waals surface area (Å²) in [5.41, 5.74) is 6.78. The number of hydrogen-bond acceptors (Lipinski definition) is 2. The minimum Gasteiger partial charge on any atom is -0.376 e. The maximum absolute atomic E-state index is 6.40. The lowest BCUT2D eigenvalue weighted by molar-refractivity contribution is -0.0465. The van der Waals surface area contributed by atoms with Crippen molar-refractivity contribution < 1.29 is 4.74 Å². The zero-order valence-electron chi connectivity index (χ0n) is 11.3. The summed E-state index contributed by atoms with van der Waals surface area (Å²) in [6.07, 6.45) is 0.170. The van der Waals surface area contributed by atoms with Gasteiger partial charge in [-0.25, -0.2) is 0 Å². The fourth-order valence-electron chi connectivity index (χ4n) is 3.42. The number of hydrogen-bond donors (Lipinski definition) is 1. The molecule has 90 valence electrons. The molecular formula is C13H27NO. The van der Waals surface area contributed by atoms with Crippen LogP contribution in [0.4, 0.5) is 0 Å². The molecule has 2 heteroatoms. The van der Waals surface area contributed by atoms with Crippen LogP contribution in [0.15, 0.2) is 0 Å². The Morgan fingerprint density at radius 1 is 1.07 bits per heavy atom. The fourth-order valence-corrected chi connectivity index (χ4v) is 3.42. The molecule has 0 aromatic heterocycles. The molecule has 1 aliphatic heterocycles. The van der Waals surface area contributed by atoms with Crippen LogP contribution in [0.1, 0.15) is 48.5 Å². The molecule has 0 unspecified atom stereocenters. The molecule has 2 N–H and O–H groups in total. The molecule has 1 fully saturated rings. The molecule has 1 aliphatic rings. The van der Waals surface area contributed by atoms with Crippen LogP contribution in [-0.2, 0) is 4.74 Å². The average molecular weight is 213 g/mol. The van der Waals surface area contributed by atoms with E-state index in [-0.39, 0.29) is 28.4 Å². The van der Waals surface area contributed by atoms with Gasteiger partial charge in [-0.15, -0.1) is 0 Å². The highest BCUT2D eigenvalue weighted by Gasteiger charge is 2.59. The van der Waals surface area contributed by atoms with E-state index in [0.717, 1.165) is 6.61 Å². The molecule has 15 heavy (non-hydrogen) atoms. The first-order valence-corrected chi connectivity index (χ1v) is 5.91. The van der Waals surface area contributed by atoms with Crippen molar-refractivity contribution in [1.82, 2.24) is 0 Å². The van der Waals surface area contributed by atoms with Crippen molar-refractivity contribution in [2.45, 2.75) is 60.6 Å². The molecule has 1 saturated heterocycles. The monoisotopic (exact) mass is 213 g/mol. The van der Waals surface area contributed by atoms with Gasteiger partial charge in [0.05, 0.1) is 12.7 Å². The lowest BCUT2D eigenvalue weighted by Gasteiger charge is -2.53. The number of ether oxygens (including phenoxy) is 1. The smallest absolute Gasteiger partial charge is 0.0704 e. The predicted molar refractivity (Wildman–Crippen MR) is 64.7 cm³/mol. The van der Waals surface area contributed by atoms with Crippen LogP contribution < -0.4 is 5.73 Å². The van der Waals surface area contributed by atoms with Gasteiger partial charge in [-0.05, 0) is 17.8 Å². The summed E-state index contributed by atoms with van der Waals surface area (Å²) in [4.78, 5) is 0. The molecule has 0 aromatic carbocycles. The van der Waals surface area contributed by atoms with Crippen LogP contribution in [0.2, 0.25) is 0 Å². The van der Waals surface area contributed by atoms with Crippen molar-refractivity contribution in [3.8, 4) is 0 Å². The van der Waals surface area contributed by atoms with E-state index in [2.05, 4.69) is 48.5 Å². The lowest BCUT2D eigenvalue weighted by Crippen LogP contribution is -2.58. The molecule has 0 radical (unpaired) electrons. The topological polar surface area (TPSA) is 35.2 Å². The van der Waals surface area contributed by atoms with Crippen molar-refractivity contribution in [2.75, 3.05) is 6.61 Å². The summed E-state index contributed by atoms with van der Waals surface area (Å²) in [7, 11) is 0. The maximum atomic E-state index is 6.40. The summed E-state index contributed by atoms with van der Waals surface area (Å²) in [5.74, 6) is 0. The van der Waals surface area contributed by atoms with Crippen molar-refractivity contribution in [2.24, 2.45) is 22.0 Å². The fraction of sp³-hybridized carbons (Fsp3) is 1.00. The lowest BCUT2D eigenvalue weighted by atomic mass is 9.51. The van der Waals surface area contributed by atoms with Crippen LogP contribution >= 0.6 is 0 Å². The van der Waals surface area contributed by atoms with E-state index < -0.39 is 0 Å². The highest BCUT2D eigenvalue weighted by molar-refractivity contribution is 5.09. The van der Waals surface area contributed by atoms with Gasteiger partial charge in [0.2, 0.25) is 0 Å². The molecule has 2 nitrogen and oxygen atoms in total. The van der Waals surface area contributed by atoms with Gasteiger partial charge in [0.1, 0.15) is 0 Å². The van der Waals surface area contributed by atoms with Crippen LogP contribution in [0.25, 0.3) is 0 Å². The zero-order chi connectivity index (χ0) is 12.1. The Labute approximate surface area is 94.6 Å². The van der Waals surface area contributed by atoms with Gasteiger partial charge in [0, 0.05) is 11.5 Å². The minimum absolute atomic E-state index is 0.0550. The van der Waals surface area contributed by atoms with Gasteiger partial charge >= 0.3 is 0 Å². The summed E-state index contributed by atoms with van der Waals surface area (Å²) < 4.78 is 5.81. The van der Waals surface area contributed by atoms with Gasteiger partial charge in [-0.1, -0.05) is 41.5 Å². The Kier molecular flexibility index (Phi) is 2.99. The highest BCUT2D eigenvalue weighted by atomic mass is 16.5. The largest absolute Gasteiger partial charge is 0.376 e. The van der Waals surface area contributed by atoms with Crippen molar-refractivity contribution in [1.29, 1.82) is 0 Å². The standard InChI is InChI=1S/C13H27NO/c1-9-10(14)13(8-15-9,11(2,3)4)12(5,6)7/h9-10H,8,14H2,1-7H3/t9-,10-/m1/s1. The van der Waals surface area contributed by atoms with E-state index in [9.17, 15) is 0 Å². The second-order valence-corrected chi connectivity index (χ2v) is 7.01. The Bertz CT molecular complexity index is 220. The Hall–Kier alpha value is -0.0800. The normalized spacial score (nSPS) is 32.0. The molecule has 0 saturated carbocycles. The van der Waals surface area contributed by atoms with Crippen molar-refractivity contribution in [3.05, 3.63) is 0 Å². The van der Waals surface area contributed by atoms with E-state index in [4.69, 9.17) is 10.5 Å². The summed E-state index contributed by atoms with van der Waals surface area (Å²) in [6.45, 7) is 16.5. The molecule has 1 rings (SSSR count). The third-order valence-electron chi connectivity index (χ3n) is 4.33. The molecule has 0 aromatic rings. The van der Waals surface area contributed by atoms with E-state index in [1.54, 1.807) is 0 Å². The Balaban J connectivity index is 3.22. The number of rotatable bonds is 0. The molecule has 0 amide bonds. The van der Waals surface area contributed by atoms with E-state index in [1.165, 1.54) is 0 Å². The van der Waals surface area contributed by atoms with Crippen molar-refractivity contribution in [3.63, 3.8) is 0 Å². The van der Waals surface area contributed by atoms with E-state index in [1.807, 2.05) is 0 Å². The van der Waals surface area contributed by atoms with Gasteiger partial charge < -0.3 is 10.5 Å². The second kappa shape index (κ2) is 3.46. The summed E-state index contributed by atoms with van der Waals surface area (Å²) >= 11 is 0. The quantitative estimate of drug-likeness (QED) is 0.671. The maximum Gasteiger partial charge on any atom is 0.0704 e.